The van der Waals surface area contributed by atoms with Gasteiger partial charge in [-0.05, 0) is 55.2 Å². The molecule has 0 saturated heterocycles. The van der Waals surface area contributed by atoms with E-state index in [9.17, 15) is 4.79 Å². The Morgan fingerprint density at radius 2 is 1.65 bits per heavy atom. The van der Waals surface area contributed by atoms with Crippen LogP contribution in [-0.2, 0) is 17.6 Å². The summed E-state index contributed by atoms with van der Waals surface area (Å²) in [6.45, 7) is 6.14. The standard InChI is InChI=1S/C19H22ClNOS/c1-4-14-7-6-8-15(5-2)18(14)21-19(22)13(3)23-17-11-9-16(20)10-12-17/h6-13H,4-5H2,1-3H3,(H,21,22). The Bertz CT molecular complexity index is 647. The van der Waals surface area contributed by atoms with Crippen molar-refractivity contribution in [1.29, 1.82) is 0 Å². The minimum Gasteiger partial charge on any atom is -0.325 e. The van der Waals surface area contributed by atoms with Gasteiger partial charge in [0.05, 0.1) is 5.25 Å². The molecule has 4 heteroatoms. The normalized spacial score (nSPS) is 12.0. The molecule has 0 bridgehead atoms. The van der Waals surface area contributed by atoms with Crippen LogP contribution in [0.15, 0.2) is 47.4 Å². The van der Waals surface area contributed by atoms with Crippen molar-refractivity contribution in [3.63, 3.8) is 0 Å². The van der Waals surface area contributed by atoms with E-state index in [4.69, 9.17) is 11.6 Å². The van der Waals surface area contributed by atoms with E-state index < -0.39 is 0 Å². The van der Waals surface area contributed by atoms with Crippen molar-refractivity contribution in [1.82, 2.24) is 0 Å². The van der Waals surface area contributed by atoms with Crippen molar-refractivity contribution in [3.05, 3.63) is 58.6 Å². The molecule has 1 unspecified atom stereocenters. The number of benzene rings is 2. The summed E-state index contributed by atoms with van der Waals surface area (Å²) in [7, 11) is 0. The van der Waals surface area contributed by atoms with Gasteiger partial charge in [-0.15, -0.1) is 11.8 Å². The van der Waals surface area contributed by atoms with E-state index in [1.165, 1.54) is 22.9 Å². The Balaban J connectivity index is 2.10. The van der Waals surface area contributed by atoms with E-state index >= 15 is 0 Å². The molecule has 2 nitrogen and oxygen atoms in total. The zero-order valence-electron chi connectivity index (χ0n) is 13.7. The van der Waals surface area contributed by atoms with Crippen LogP contribution in [0.3, 0.4) is 0 Å². The summed E-state index contributed by atoms with van der Waals surface area (Å²) in [6, 6.07) is 13.8. The van der Waals surface area contributed by atoms with Gasteiger partial charge >= 0.3 is 0 Å². The van der Waals surface area contributed by atoms with Crippen LogP contribution in [0.5, 0.6) is 0 Å². The number of hydrogen-bond donors (Lipinski definition) is 1. The van der Waals surface area contributed by atoms with Crippen LogP contribution in [0.1, 0.15) is 31.9 Å². The predicted octanol–water partition coefficient (Wildman–Crippen LogP) is 5.58. The molecule has 1 N–H and O–H groups in total. The average molecular weight is 348 g/mol. The molecule has 0 aromatic heterocycles. The first-order valence-electron chi connectivity index (χ1n) is 7.89. The Morgan fingerprint density at radius 1 is 1.09 bits per heavy atom. The fourth-order valence-corrected chi connectivity index (χ4v) is 3.39. The van der Waals surface area contributed by atoms with Crippen LogP contribution < -0.4 is 5.32 Å². The van der Waals surface area contributed by atoms with Gasteiger partial charge in [0.1, 0.15) is 0 Å². The molecule has 0 aliphatic heterocycles. The Kier molecular flexibility index (Phi) is 6.55. The third kappa shape index (κ3) is 4.76. The second kappa shape index (κ2) is 8.42. The maximum Gasteiger partial charge on any atom is 0.237 e. The molecule has 122 valence electrons. The topological polar surface area (TPSA) is 29.1 Å². The number of amides is 1. The predicted molar refractivity (Wildman–Crippen MR) is 101 cm³/mol. The van der Waals surface area contributed by atoms with Crippen LogP contribution in [0.25, 0.3) is 0 Å². The lowest BCUT2D eigenvalue weighted by atomic mass is 10.0. The highest BCUT2D eigenvalue weighted by Crippen LogP contribution is 2.27. The SMILES string of the molecule is CCc1cccc(CC)c1NC(=O)C(C)Sc1ccc(Cl)cc1. The largest absolute Gasteiger partial charge is 0.325 e. The number of carbonyl (C=O) groups excluding carboxylic acids is 1. The third-order valence-corrected chi connectivity index (χ3v) is 5.11. The first kappa shape index (κ1) is 17.9. The molecule has 1 amide bonds. The molecule has 0 heterocycles. The van der Waals surface area contributed by atoms with Crippen LogP contribution in [0.4, 0.5) is 5.69 Å². The number of anilines is 1. The molecule has 23 heavy (non-hydrogen) atoms. The molecule has 2 aromatic carbocycles. The molecule has 1 atom stereocenters. The zero-order chi connectivity index (χ0) is 16.8. The summed E-state index contributed by atoms with van der Waals surface area (Å²) in [5.74, 6) is 0.0283. The second-order valence-corrected chi connectivity index (χ2v) is 7.21. The smallest absolute Gasteiger partial charge is 0.237 e. The molecular formula is C19H22ClNOS. The summed E-state index contributed by atoms with van der Waals surface area (Å²) in [4.78, 5) is 13.6. The number of halogens is 1. The quantitative estimate of drug-likeness (QED) is 0.690. The van der Waals surface area contributed by atoms with Gasteiger partial charge in [0, 0.05) is 15.6 Å². The van der Waals surface area contributed by atoms with Crippen molar-refractivity contribution in [3.8, 4) is 0 Å². The molecule has 0 fully saturated rings. The molecule has 0 aliphatic rings. The van der Waals surface area contributed by atoms with Gasteiger partial charge < -0.3 is 5.32 Å². The van der Waals surface area contributed by atoms with Crippen LogP contribution in [-0.4, -0.2) is 11.2 Å². The van der Waals surface area contributed by atoms with Gasteiger partial charge in [-0.3, -0.25) is 4.79 Å². The highest BCUT2D eigenvalue weighted by Gasteiger charge is 2.17. The number of aryl methyl sites for hydroxylation is 2. The van der Waals surface area contributed by atoms with Gasteiger partial charge in [-0.1, -0.05) is 43.6 Å². The number of rotatable bonds is 6. The van der Waals surface area contributed by atoms with Crippen LogP contribution >= 0.6 is 23.4 Å². The Hall–Kier alpha value is -1.45. The summed E-state index contributed by atoms with van der Waals surface area (Å²) in [5, 5.41) is 3.66. The highest BCUT2D eigenvalue weighted by atomic mass is 35.5. The third-order valence-electron chi connectivity index (χ3n) is 3.74. The highest BCUT2D eigenvalue weighted by molar-refractivity contribution is 8.00. The zero-order valence-corrected chi connectivity index (χ0v) is 15.3. The van der Waals surface area contributed by atoms with Gasteiger partial charge in [-0.2, -0.15) is 0 Å². The number of nitrogens with one attached hydrogen (secondary N) is 1. The molecule has 0 saturated carbocycles. The van der Waals surface area contributed by atoms with E-state index in [2.05, 4.69) is 37.4 Å². The first-order chi connectivity index (χ1) is 11.0. The van der Waals surface area contributed by atoms with Crippen molar-refractivity contribution >= 4 is 35.0 Å². The van der Waals surface area contributed by atoms with Crippen molar-refractivity contribution in [2.75, 3.05) is 5.32 Å². The van der Waals surface area contributed by atoms with E-state index in [0.717, 1.165) is 23.4 Å². The minimum absolute atomic E-state index is 0.0283. The molecule has 2 aromatic rings. The summed E-state index contributed by atoms with van der Waals surface area (Å²) < 4.78 is 0. The van der Waals surface area contributed by atoms with Gasteiger partial charge in [0.25, 0.3) is 0 Å². The van der Waals surface area contributed by atoms with Gasteiger partial charge in [-0.25, -0.2) is 0 Å². The van der Waals surface area contributed by atoms with Crippen LogP contribution in [0, 0.1) is 0 Å². The Labute approximate surface area is 147 Å². The monoisotopic (exact) mass is 347 g/mol. The van der Waals surface area contributed by atoms with Crippen molar-refractivity contribution < 1.29 is 4.79 Å². The lowest BCUT2D eigenvalue weighted by molar-refractivity contribution is -0.115. The fourth-order valence-electron chi connectivity index (χ4n) is 2.40. The van der Waals surface area contributed by atoms with E-state index in [-0.39, 0.29) is 11.2 Å². The first-order valence-corrected chi connectivity index (χ1v) is 9.14. The molecule has 0 spiro atoms. The minimum atomic E-state index is -0.175. The number of para-hydroxylation sites is 1. The number of thioether (sulfide) groups is 1. The molecule has 0 radical (unpaired) electrons. The van der Waals surface area contributed by atoms with Crippen LogP contribution in [0.2, 0.25) is 5.02 Å². The summed E-state index contributed by atoms with van der Waals surface area (Å²) in [5.41, 5.74) is 3.34. The maximum atomic E-state index is 12.6. The number of carbonyl (C=O) groups is 1. The molecular weight excluding hydrogens is 326 g/mol. The maximum absolute atomic E-state index is 12.6. The van der Waals surface area contributed by atoms with Crippen molar-refractivity contribution in [2.24, 2.45) is 0 Å². The summed E-state index contributed by atoms with van der Waals surface area (Å²) >= 11 is 7.43. The van der Waals surface area contributed by atoms with E-state index in [1.54, 1.807) is 0 Å². The summed E-state index contributed by atoms with van der Waals surface area (Å²) in [6.07, 6.45) is 1.81. The average Bonchev–Trinajstić information content (AvgIpc) is 2.56. The molecule has 0 aliphatic carbocycles. The lowest BCUT2D eigenvalue weighted by Crippen LogP contribution is -2.23. The number of hydrogen-bond acceptors (Lipinski definition) is 2. The lowest BCUT2D eigenvalue weighted by Gasteiger charge is -2.17. The van der Waals surface area contributed by atoms with Gasteiger partial charge in [0.15, 0.2) is 0 Å². The van der Waals surface area contributed by atoms with Gasteiger partial charge in [0.2, 0.25) is 5.91 Å². The Morgan fingerprint density at radius 3 is 2.17 bits per heavy atom. The molecule has 2 rings (SSSR count). The fraction of sp³-hybridized carbons (Fsp3) is 0.316. The van der Waals surface area contributed by atoms with E-state index in [1.807, 2.05) is 31.2 Å². The van der Waals surface area contributed by atoms with Crippen molar-refractivity contribution in [2.45, 2.75) is 43.8 Å². The second-order valence-electron chi connectivity index (χ2n) is 5.36. The van der Waals surface area contributed by atoms with E-state index in [0.29, 0.717) is 5.02 Å².